The number of benzene rings is 1. The predicted molar refractivity (Wildman–Crippen MR) is 56.1 cm³/mol. The van der Waals surface area contributed by atoms with Crippen LogP contribution in [-0.4, -0.2) is 35.8 Å². The van der Waals surface area contributed by atoms with E-state index in [4.69, 9.17) is 0 Å². The summed E-state index contributed by atoms with van der Waals surface area (Å²) in [6.45, 7) is 0. The molecule has 0 saturated heterocycles. The molecule has 2 N–H and O–H groups in total. The molecule has 1 rings (SSSR count). The second kappa shape index (κ2) is 5.89. The zero-order chi connectivity index (χ0) is 14.6. The Hall–Kier alpha value is -1.80. The van der Waals surface area contributed by atoms with E-state index in [-0.39, 0.29) is 5.56 Å². The summed E-state index contributed by atoms with van der Waals surface area (Å²) in [5, 5.41) is 19.1. The lowest BCUT2D eigenvalue weighted by molar-refractivity contribution is -0.275. The van der Waals surface area contributed by atoms with Gasteiger partial charge >= 0.3 is 12.3 Å². The minimum Gasteiger partial charge on any atom is -0.467 e. The molecule has 1 aromatic rings. The van der Waals surface area contributed by atoms with E-state index in [1.165, 1.54) is 12.1 Å². The fourth-order valence-corrected chi connectivity index (χ4v) is 1.36. The van der Waals surface area contributed by atoms with E-state index in [0.717, 1.165) is 19.2 Å². The highest BCUT2D eigenvalue weighted by Crippen LogP contribution is 2.31. The number of alkyl halides is 3. The van der Waals surface area contributed by atoms with Crippen LogP contribution in [-0.2, 0) is 9.53 Å². The summed E-state index contributed by atoms with van der Waals surface area (Å²) in [4.78, 5) is 11.0. The molecule has 2 atom stereocenters. The number of halogens is 3. The van der Waals surface area contributed by atoms with Gasteiger partial charge in [0.15, 0.2) is 6.10 Å². The lowest BCUT2D eigenvalue weighted by Crippen LogP contribution is -2.30. The van der Waals surface area contributed by atoms with Gasteiger partial charge in [-0.05, 0) is 6.07 Å². The number of ether oxygens (including phenoxy) is 2. The largest absolute Gasteiger partial charge is 0.573 e. The fourth-order valence-electron chi connectivity index (χ4n) is 1.36. The summed E-state index contributed by atoms with van der Waals surface area (Å²) in [5.41, 5.74) is -0.377. The van der Waals surface area contributed by atoms with Gasteiger partial charge in [-0.1, -0.05) is 18.2 Å². The Labute approximate surface area is 106 Å². The molecule has 2 unspecified atom stereocenters. The normalized spacial score (nSPS) is 14.6. The smallest absolute Gasteiger partial charge is 0.467 e. The lowest BCUT2D eigenvalue weighted by Gasteiger charge is -2.19. The van der Waals surface area contributed by atoms with Crippen molar-refractivity contribution in [1.29, 1.82) is 0 Å². The number of aliphatic hydroxyl groups is 2. The number of rotatable bonds is 4. The van der Waals surface area contributed by atoms with E-state index in [1.807, 2.05) is 0 Å². The third-order valence-corrected chi connectivity index (χ3v) is 2.21. The lowest BCUT2D eigenvalue weighted by atomic mass is 10.0. The van der Waals surface area contributed by atoms with Crippen molar-refractivity contribution in [3.05, 3.63) is 29.8 Å². The van der Waals surface area contributed by atoms with Gasteiger partial charge in [-0.15, -0.1) is 13.2 Å². The molecule has 0 aliphatic heterocycles. The highest BCUT2D eigenvalue weighted by molar-refractivity contribution is 5.75. The van der Waals surface area contributed by atoms with E-state index < -0.39 is 30.3 Å². The van der Waals surface area contributed by atoms with Crippen molar-refractivity contribution in [1.82, 2.24) is 0 Å². The average molecular weight is 280 g/mol. The Morgan fingerprint density at radius 1 is 1.26 bits per heavy atom. The van der Waals surface area contributed by atoms with Crippen LogP contribution < -0.4 is 4.74 Å². The van der Waals surface area contributed by atoms with Crippen LogP contribution in [0.4, 0.5) is 13.2 Å². The van der Waals surface area contributed by atoms with E-state index in [1.54, 1.807) is 0 Å². The van der Waals surface area contributed by atoms with Crippen LogP contribution in [0.5, 0.6) is 5.75 Å². The second-order valence-corrected chi connectivity index (χ2v) is 3.50. The van der Waals surface area contributed by atoms with Gasteiger partial charge in [0.05, 0.1) is 7.11 Å². The first kappa shape index (κ1) is 15.3. The quantitative estimate of drug-likeness (QED) is 0.809. The van der Waals surface area contributed by atoms with Crippen LogP contribution in [0.2, 0.25) is 0 Å². The molecule has 1 aromatic carbocycles. The summed E-state index contributed by atoms with van der Waals surface area (Å²) in [6.07, 6.45) is -8.86. The van der Waals surface area contributed by atoms with Crippen molar-refractivity contribution < 1.29 is 37.7 Å². The van der Waals surface area contributed by atoms with Gasteiger partial charge in [0, 0.05) is 5.56 Å². The SMILES string of the molecule is COC(=O)C(O)C(O)c1ccccc1OC(F)(F)F. The summed E-state index contributed by atoms with van der Waals surface area (Å²) in [6, 6.07) is 4.63. The number of hydrogen-bond acceptors (Lipinski definition) is 5. The van der Waals surface area contributed by atoms with Crippen LogP contribution in [0.1, 0.15) is 11.7 Å². The third kappa shape index (κ3) is 4.11. The Balaban J connectivity index is 3.03. The van der Waals surface area contributed by atoms with Crippen LogP contribution in [0, 0.1) is 0 Å². The monoisotopic (exact) mass is 280 g/mol. The number of aliphatic hydroxyl groups excluding tert-OH is 2. The van der Waals surface area contributed by atoms with Gasteiger partial charge in [0.1, 0.15) is 11.9 Å². The van der Waals surface area contributed by atoms with Gasteiger partial charge in [-0.25, -0.2) is 4.79 Å². The third-order valence-electron chi connectivity index (χ3n) is 2.21. The Morgan fingerprint density at radius 2 is 1.84 bits per heavy atom. The number of carbonyl (C=O) groups is 1. The topological polar surface area (TPSA) is 76.0 Å². The van der Waals surface area contributed by atoms with Crippen molar-refractivity contribution in [2.45, 2.75) is 18.6 Å². The molecule has 0 amide bonds. The molecule has 5 nitrogen and oxygen atoms in total. The van der Waals surface area contributed by atoms with E-state index >= 15 is 0 Å². The molecule has 0 aliphatic carbocycles. The summed E-state index contributed by atoms with van der Waals surface area (Å²) < 4.78 is 44.3. The maximum Gasteiger partial charge on any atom is 0.573 e. The molecule has 19 heavy (non-hydrogen) atoms. The molecular formula is C11H11F3O5. The number of carbonyl (C=O) groups excluding carboxylic acids is 1. The average Bonchev–Trinajstić information content (AvgIpc) is 2.35. The standard InChI is InChI=1S/C11H11F3O5/c1-18-10(17)9(16)8(15)6-4-2-3-5-7(6)19-11(12,13)14/h2-5,8-9,15-16H,1H3. The number of hydrogen-bond donors (Lipinski definition) is 2. The maximum atomic E-state index is 12.2. The van der Waals surface area contributed by atoms with Crippen molar-refractivity contribution in [3.63, 3.8) is 0 Å². The summed E-state index contributed by atoms with van der Waals surface area (Å²) >= 11 is 0. The molecule has 0 bridgehead atoms. The molecule has 8 heteroatoms. The maximum absolute atomic E-state index is 12.2. The highest BCUT2D eigenvalue weighted by atomic mass is 19.4. The Kier molecular flexibility index (Phi) is 4.73. The minimum atomic E-state index is -4.95. The fraction of sp³-hybridized carbons (Fsp3) is 0.364. The van der Waals surface area contributed by atoms with E-state index in [9.17, 15) is 28.2 Å². The molecule has 0 fully saturated rings. The van der Waals surface area contributed by atoms with Gasteiger partial charge in [-0.3, -0.25) is 0 Å². The van der Waals surface area contributed by atoms with Crippen molar-refractivity contribution in [2.24, 2.45) is 0 Å². The first-order chi connectivity index (χ1) is 8.76. The van der Waals surface area contributed by atoms with Crippen molar-refractivity contribution >= 4 is 5.97 Å². The first-order valence-electron chi connectivity index (χ1n) is 5.05. The van der Waals surface area contributed by atoms with Crippen LogP contribution in [0.3, 0.4) is 0 Å². The second-order valence-electron chi connectivity index (χ2n) is 3.50. The van der Waals surface area contributed by atoms with Gasteiger partial charge in [0.25, 0.3) is 0 Å². The zero-order valence-electron chi connectivity index (χ0n) is 9.72. The van der Waals surface area contributed by atoms with Crippen LogP contribution in [0.25, 0.3) is 0 Å². The molecular weight excluding hydrogens is 269 g/mol. The van der Waals surface area contributed by atoms with E-state index in [0.29, 0.717) is 0 Å². The van der Waals surface area contributed by atoms with Crippen molar-refractivity contribution in [2.75, 3.05) is 7.11 Å². The van der Waals surface area contributed by atoms with Gasteiger partial charge < -0.3 is 19.7 Å². The summed E-state index contributed by atoms with van der Waals surface area (Å²) in [5.74, 6) is -1.88. The number of esters is 1. The number of methoxy groups -OCH3 is 1. The molecule has 0 saturated carbocycles. The molecule has 0 aliphatic rings. The molecule has 0 radical (unpaired) electrons. The molecule has 0 aromatic heterocycles. The van der Waals surface area contributed by atoms with E-state index in [2.05, 4.69) is 9.47 Å². The minimum absolute atomic E-state index is 0.377. The molecule has 0 heterocycles. The van der Waals surface area contributed by atoms with Gasteiger partial charge in [0.2, 0.25) is 0 Å². The highest BCUT2D eigenvalue weighted by Gasteiger charge is 2.35. The zero-order valence-corrected chi connectivity index (χ0v) is 9.72. The number of para-hydroxylation sites is 1. The first-order valence-corrected chi connectivity index (χ1v) is 5.05. The van der Waals surface area contributed by atoms with Gasteiger partial charge in [-0.2, -0.15) is 0 Å². The Bertz CT molecular complexity index is 446. The predicted octanol–water partition coefficient (Wildman–Crippen LogP) is 1.15. The van der Waals surface area contributed by atoms with Crippen molar-refractivity contribution in [3.8, 4) is 5.75 Å². The molecule has 106 valence electrons. The Morgan fingerprint density at radius 3 is 2.37 bits per heavy atom. The summed E-state index contributed by atoms with van der Waals surface area (Å²) in [7, 11) is 0.969. The van der Waals surface area contributed by atoms with Crippen LogP contribution >= 0.6 is 0 Å². The molecule has 0 spiro atoms. The van der Waals surface area contributed by atoms with Crippen LogP contribution in [0.15, 0.2) is 24.3 Å².